The van der Waals surface area contributed by atoms with Crippen molar-refractivity contribution in [1.82, 2.24) is 5.32 Å². The highest BCUT2D eigenvalue weighted by molar-refractivity contribution is 7.12. The summed E-state index contributed by atoms with van der Waals surface area (Å²) in [5, 5.41) is 12.1. The number of nitrogens with one attached hydrogen (secondary N) is 1. The molecule has 0 aliphatic carbocycles. The smallest absolute Gasteiger partial charge is 0.0431 e. The standard InChI is InChI=1S/C11H19NOS/c1-9-5-6-11(14-9)10(2)12-7-3-4-8-13/h5-6,10,12-13H,3-4,7-8H2,1-2H3. The van der Waals surface area contributed by atoms with E-state index in [0.717, 1.165) is 19.4 Å². The van der Waals surface area contributed by atoms with E-state index in [1.54, 1.807) is 0 Å². The molecule has 3 heteroatoms. The topological polar surface area (TPSA) is 32.3 Å². The molecule has 1 unspecified atom stereocenters. The molecule has 1 aromatic rings. The average molecular weight is 213 g/mol. The summed E-state index contributed by atoms with van der Waals surface area (Å²) >= 11 is 1.85. The monoisotopic (exact) mass is 213 g/mol. The van der Waals surface area contributed by atoms with Gasteiger partial charge in [0.25, 0.3) is 0 Å². The maximum Gasteiger partial charge on any atom is 0.0431 e. The third kappa shape index (κ3) is 3.78. The molecular formula is C11H19NOS. The van der Waals surface area contributed by atoms with Gasteiger partial charge in [-0.25, -0.2) is 0 Å². The Balaban J connectivity index is 2.25. The van der Waals surface area contributed by atoms with Crippen molar-refractivity contribution in [3.8, 4) is 0 Å². The van der Waals surface area contributed by atoms with E-state index in [-0.39, 0.29) is 0 Å². The van der Waals surface area contributed by atoms with Gasteiger partial charge in [0.1, 0.15) is 0 Å². The van der Waals surface area contributed by atoms with Gasteiger partial charge in [-0.3, -0.25) is 0 Å². The third-order valence-electron chi connectivity index (χ3n) is 2.22. The molecular weight excluding hydrogens is 194 g/mol. The van der Waals surface area contributed by atoms with E-state index in [4.69, 9.17) is 5.11 Å². The predicted molar refractivity (Wildman–Crippen MR) is 61.8 cm³/mol. The molecule has 0 aliphatic rings. The largest absolute Gasteiger partial charge is 0.396 e. The first-order valence-corrected chi connectivity index (χ1v) is 5.96. The molecule has 1 atom stereocenters. The Kier molecular flexibility index (Phi) is 5.15. The van der Waals surface area contributed by atoms with Crippen LogP contribution in [0, 0.1) is 6.92 Å². The molecule has 1 rings (SSSR count). The average Bonchev–Trinajstić information content (AvgIpc) is 2.59. The van der Waals surface area contributed by atoms with Crippen LogP contribution in [-0.4, -0.2) is 18.3 Å². The van der Waals surface area contributed by atoms with Crippen LogP contribution in [0.3, 0.4) is 0 Å². The molecule has 0 radical (unpaired) electrons. The summed E-state index contributed by atoms with van der Waals surface area (Å²) in [6, 6.07) is 4.78. The molecule has 0 aliphatic heterocycles. The number of unbranched alkanes of at least 4 members (excludes halogenated alkanes) is 1. The Bertz CT molecular complexity index is 260. The lowest BCUT2D eigenvalue weighted by atomic mass is 10.2. The highest BCUT2D eigenvalue weighted by Crippen LogP contribution is 2.21. The molecule has 0 fully saturated rings. The van der Waals surface area contributed by atoms with E-state index in [0.29, 0.717) is 12.6 Å². The summed E-state index contributed by atoms with van der Waals surface area (Å²) in [4.78, 5) is 2.76. The molecule has 0 saturated heterocycles. The highest BCUT2D eigenvalue weighted by Gasteiger charge is 2.05. The van der Waals surface area contributed by atoms with E-state index < -0.39 is 0 Å². The molecule has 0 amide bonds. The summed E-state index contributed by atoms with van der Waals surface area (Å²) in [7, 11) is 0. The molecule has 0 spiro atoms. The second-order valence-corrected chi connectivity index (χ2v) is 4.87. The van der Waals surface area contributed by atoms with Crippen molar-refractivity contribution in [3.05, 3.63) is 21.9 Å². The lowest BCUT2D eigenvalue weighted by Crippen LogP contribution is -2.19. The van der Waals surface area contributed by atoms with Crippen molar-refractivity contribution in [2.75, 3.05) is 13.2 Å². The molecule has 0 aromatic carbocycles. The van der Waals surface area contributed by atoms with Crippen molar-refractivity contribution in [2.24, 2.45) is 0 Å². The molecule has 80 valence electrons. The van der Waals surface area contributed by atoms with Gasteiger partial charge in [-0.1, -0.05) is 0 Å². The van der Waals surface area contributed by atoms with E-state index in [9.17, 15) is 0 Å². The summed E-state index contributed by atoms with van der Waals surface area (Å²) < 4.78 is 0. The first-order chi connectivity index (χ1) is 6.74. The van der Waals surface area contributed by atoms with Gasteiger partial charge < -0.3 is 10.4 Å². The lowest BCUT2D eigenvalue weighted by molar-refractivity contribution is 0.283. The van der Waals surface area contributed by atoms with Crippen LogP contribution in [0.5, 0.6) is 0 Å². The predicted octanol–water partition coefficient (Wildman–Crippen LogP) is 2.48. The molecule has 2 N–H and O–H groups in total. The van der Waals surface area contributed by atoms with Gasteiger partial charge in [0, 0.05) is 22.4 Å². The van der Waals surface area contributed by atoms with Gasteiger partial charge in [-0.15, -0.1) is 11.3 Å². The summed E-state index contributed by atoms with van der Waals surface area (Å²) in [5.41, 5.74) is 0. The van der Waals surface area contributed by atoms with Crippen LogP contribution in [0.15, 0.2) is 12.1 Å². The number of hydrogen-bond acceptors (Lipinski definition) is 3. The van der Waals surface area contributed by atoms with Crippen LogP contribution in [0.4, 0.5) is 0 Å². The van der Waals surface area contributed by atoms with E-state index in [2.05, 4.69) is 31.3 Å². The van der Waals surface area contributed by atoms with E-state index >= 15 is 0 Å². The fourth-order valence-electron chi connectivity index (χ4n) is 1.34. The molecule has 0 saturated carbocycles. The van der Waals surface area contributed by atoms with Gasteiger partial charge in [-0.05, 0) is 45.4 Å². The van der Waals surface area contributed by atoms with E-state index in [1.165, 1.54) is 9.75 Å². The van der Waals surface area contributed by atoms with Crippen molar-refractivity contribution >= 4 is 11.3 Å². The highest BCUT2D eigenvalue weighted by atomic mass is 32.1. The van der Waals surface area contributed by atoms with E-state index in [1.807, 2.05) is 11.3 Å². The number of aliphatic hydroxyl groups excluding tert-OH is 1. The van der Waals surface area contributed by atoms with Crippen molar-refractivity contribution in [1.29, 1.82) is 0 Å². The minimum Gasteiger partial charge on any atom is -0.396 e. The Morgan fingerprint density at radius 2 is 2.21 bits per heavy atom. The minimum atomic E-state index is 0.300. The van der Waals surface area contributed by atoms with Crippen LogP contribution in [0.1, 0.15) is 35.6 Å². The minimum absolute atomic E-state index is 0.300. The van der Waals surface area contributed by atoms with Crippen molar-refractivity contribution < 1.29 is 5.11 Å². The molecule has 2 nitrogen and oxygen atoms in total. The number of aryl methyl sites for hydroxylation is 1. The fourth-order valence-corrected chi connectivity index (χ4v) is 2.25. The zero-order valence-electron chi connectivity index (χ0n) is 8.92. The fraction of sp³-hybridized carbons (Fsp3) is 0.636. The van der Waals surface area contributed by atoms with Crippen LogP contribution < -0.4 is 5.32 Å². The van der Waals surface area contributed by atoms with Crippen LogP contribution in [0.2, 0.25) is 0 Å². The maximum atomic E-state index is 8.63. The zero-order valence-corrected chi connectivity index (χ0v) is 9.73. The van der Waals surface area contributed by atoms with Crippen molar-refractivity contribution in [3.63, 3.8) is 0 Å². The third-order valence-corrected chi connectivity index (χ3v) is 3.41. The Morgan fingerprint density at radius 3 is 2.79 bits per heavy atom. The number of thiophene rings is 1. The second-order valence-electron chi connectivity index (χ2n) is 3.55. The first kappa shape index (κ1) is 11.7. The first-order valence-electron chi connectivity index (χ1n) is 5.14. The Hall–Kier alpha value is -0.380. The number of aliphatic hydroxyl groups is 1. The van der Waals surface area contributed by atoms with Crippen molar-refractivity contribution in [2.45, 2.75) is 32.7 Å². The zero-order chi connectivity index (χ0) is 10.4. The summed E-state index contributed by atoms with van der Waals surface area (Å²) in [6.07, 6.45) is 1.94. The van der Waals surface area contributed by atoms with Crippen LogP contribution >= 0.6 is 11.3 Å². The Morgan fingerprint density at radius 1 is 1.43 bits per heavy atom. The lowest BCUT2D eigenvalue weighted by Gasteiger charge is -2.11. The van der Waals surface area contributed by atoms with Gasteiger partial charge in [0.2, 0.25) is 0 Å². The van der Waals surface area contributed by atoms with Gasteiger partial charge in [0.05, 0.1) is 0 Å². The van der Waals surface area contributed by atoms with Crippen LogP contribution in [0.25, 0.3) is 0 Å². The SMILES string of the molecule is Cc1ccc(C(C)NCCCCO)s1. The maximum absolute atomic E-state index is 8.63. The normalized spacial score (nSPS) is 13.1. The number of hydrogen-bond donors (Lipinski definition) is 2. The molecule has 0 bridgehead atoms. The molecule has 1 aromatic heterocycles. The van der Waals surface area contributed by atoms with Gasteiger partial charge in [0.15, 0.2) is 0 Å². The second kappa shape index (κ2) is 6.17. The summed E-state index contributed by atoms with van der Waals surface area (Å²) in [6.45, 7) is 5.60. The van der Waals surface area contributed by atoms with Gasteiger partial charge in [-0.2, -0.15) is 0 Å². The van der Waals surface area contributed by atoms with Crippen LogP contribution in [-0.2, 0) is 0 Å². The Labute approximate surface area is 90.0 Å². The quantitative estimate of drug-likeness (QED) is 0.712. The summed E-state index contributed by atoms with van der Waals surface area (Å²) in [5.74, 6) is 0. The molecule has 14 heavy (non-hydrogen) atoms. The van der Waals surface area contributed by atoms with Gasteiger partial charge >= 0.3 is 0 Å². The number of rotatable bonds is 6. The molecule has 1 heterocycles.